The van der Waals surface area contributed by atoms with Crippen LogP contribution in [0.15, 0.2) is 60.7 Å². The molecule has 2 heterocycles. The highest BCUT2D eigenvalue weighted by Gasteiger charge is 2.37. The summed E-state index contributed by atoms with van der Waals surface area (Å²) in [5, 5.41) is 20.1. The first-order valence-corrected chi connectivity index (χ1v) is 21.9. The summed E-state index contributed by atoms with van der Waals surface area (Å²) in [6.45, 7) is 9.83. The van der Waals surface area contributed by atoms with Gasteiger partial charge in [0.1, 0.15) is 55.4 Å². The van der Waals surface area contributed by atoms with Gasteiger partial charge >= 0.3 is 0 Å². The van der Waals surface area contributed by atoms with Gasteiger partial charge in [0.2, 0.25) is 29.5 Å². The highest BCUT2D eigenvalue weighted by Crippen LogP contribution is 2.40. The smallest absolute Gasteiger partial charge is 0.248 e. The first-order valence-electron chi connectivity index (χ1n) is 21.9. The largest absolute Gasteiger partial charge is 0.492 e. The van der Waals surface area contributed by atoms with E-state index >= 15 is 0 Å². The quantitative estimate of drug-likeness (QED) is 0.108. The number of fused-ring (bicyclic) bond motifs is 5. The van der Waals surface area contributed by atoms with Crippen molar-refractivity contribution in [1.82, 2.24) is 26.2 Å². The van der Waals surface area contributed by atoms with Crippen LogP contribution in [0, 0.1) is 17.2 Å². The van der Waals surface area contributed by atoms with Gasteiger partial charge in [-0.3, -0.25) is 24.0 Å². The zero-order chi connectivity index (χ0) is 46.6. The molecule has 1 saturated heterocycles. The molecule has 2 aliphatic rings. The highest BCUT2D eigenvalue weighted by molar-refractivity contribution is 5.96. The van der Waals surface area contributed by atoms with Crippen molar-refractivity contribution in [1.29, 1.82) is 5.26 Å². The highest BCUT2D eigenvalue weighted by atomic mass is 16.5. The summed E-state index contributed by atoms with van der Waals surface area (Å²) >= 11 is 0. The maximum absolute atomic E-state index is 14.6. The van der Waals surface area contributed by atoms with Crippen molar-refractivity contribution in [2.45, 2.75) is 83.0 Å². The molecule has 5 amide bonds. The van der Waals surface area contributed by atoms with Crippen LogP contribution >= 0.6 is 0 Å². The number of benzene rings is 3. The van der Waals surface area contributed by atoms with Crippen molar-refractivity contribution >= 4 is 35.2 Å². The summed E-state index contributed by atoms with van der Waals surface area (Å²) in [5.41, 5.74) is 22.1. The second-order valence-corrected chi connectivity index (χ2v) is 17.3. The van der Waals surface area contributed by atoms with Crippen LogP contribution in [0.5, 0.6) is 11.5 Å². The minimum atomic E-state index is -1.34. The Hall–Kier alpha value is -6.22. The van der Waals surface area contributed by atoms with E-state index in [0.717, 1.165) is 5.69 Å². The predicted molar refractivity (Wildman–Crippen MR) is 244 cm³/mol. The summed E-state index contributed by atoms with van der Waals surface area (Å²) in [6.07, 6.45) is 1.28. The molecule has 4 atom stereocenters. The van der Waals surface area contributed by atoms with Gasteiger partial charge in [-0.25, -0.2) is 0 Å². The van der Waals surface area contributed by atoms with Crippen molar-refractivity contribution in [2.75, 3.05) is 64.4 Å². The molecule has 1 unspecified atom stereocenters. The van der Waals surface area contributed by atoms with Crippen LogP contribution in [-0.4, -0.2) is 112 Å². The fourth-order valence-corrected chi connectivity index (χ4v) is 7.99. The average Bonchev–Trinajstić information content (AvgIpc) is 3.28. The third-order valence-corrected chi connectivity index (χ3v) is 11.6. The van der Waals surface area contributed by atoms with Gasteiger partial charge in [0, 0.05) is 62.4 Å². The standard InChI is InChI=1S/C47H64N10O7/c1-29-42(58)55-38(44(60)52-21-18-49)27-30-6-12-39(63-24-19-50)35(26-30)36-28-32(7-13-40(36)64-25-20-51)41(45(61)53-29)56(5)46(62)37(14-17-48)54-43(59)31-15-22-57(23-16-31)34-10-8-33(9-11-34)47(2,3)4/h6-13,26,28-29,31,37-38,41H,14-17,19-25,27,48,50-51H2,1-5H3,(H,52,60)(H,53,61)(H,54,59)(H,55,58)/t29-,37?,38-,41-/m0/s1. The molecule has 3 aromatic carbocycles. The van der Waals surface area contributed by atoms with E-state index < -0.39 is 47.8 Å². The Morgan fingerprint density at radius 3 is 2.09 bits per heavy atom. The molecule has 3 aromatic rings. The molecule has 1 fully saturated rings. The second kappa shape index (κ2) is 22.4. The van der Waals surface area contributed by atoms with Gasteiger partial charge in [-0.1, -0.05) is 45.0 Å². The lowest BCUT2D eigenvalue weighted by Crippen LogP contribution is -2.56. The van der Waals surface area contributed by atoms with Gasteiger partial charge in [0.25, 0.3) is 0 Å². The van der Waals surface area contributed by atoms with Gasteiger partial charge in [0.05, 0.1) is 6.07 Å². The number of likely N-dealkylation sites (N-methyl/N-ethyl adjacent to an activating group) is 1. The SMILES string of the molecule is C[C@@H]1NC(=O)[C@@H](N(C)C(=O)C(CCN)NC(=O)C2CCN(c3ccc(C(C)(C)C)cc3)CC2)c2ccc(OCCN)c(c2)-c2cc(ccc2OCCN)C[C@@H](C(=O)NCC#N)NC1=O. The Kier molecular flexibility index (Phi) is 17.1. The molecule has 0 spiro atoms. The van der Waals surface area contributed by atoms with Crippen molar-refractivity contribution in [3.05, 3.63) is 77.4 Å². The molecular formula is C47H64N10O7. The van der Waals surface area contributed by atoms with Gasteiger partial charge in [-0.2, -0.15) is 5.26 Å². The molecule has 17 heteroatoms. The molecule has 10 N–H and O–H groups in total. The molecule has 5 rings (SSSR count). The first-order chi connectivity index (χ1) is 30.6. The van der Waals surface area contributed by atoms with Gasteiger partial charge in [0.15, 0.2) is 0 Å². The van der Waals surface area contributed by atoms with E-state index in [1.807, 2.05) is 6.07 Å². The lowest BCUT2D eigenvalue weighted by molar-refractivity contribution is -0.143. The number of nitrogens with zero attached hydrogens (tertiary/aromatic N) is 3. The van der Waals surface area contributed by atoms with E-state index in [1.165, 1.54) is 24.4 Å². The van der Waals surface area contributed by atoms with E-state index in [2.05, 4.69) is 71.2 Å². The predicted octanol–water partition coefficient (Wildman–Crippen LogP) is 1.76. The van der Waals surface area contributed by atoms with Crippen molar-refractivity contribution in [3.8, 4) is 28.7 Å². The van der Waals surface area contributed by atoms with E-state index in [0.29, 0.717) is 59.7 Å². The molecule has 344 valence electrons. The number of amides is 5. The first kappa shape index (κ1) is 48.8. The lowest BCUT2D eigenvalue weighted by atomic mass is 9.87. The van der Waals surface area contributed by atoms with Crippen LogP contribution in [0.3, 0.4) is 0 Å². The Morgan fingerprint density at radius 1 is 0.875 bits per heavy atom. The number of nitriles is 1. The molecular weight excluding hydrogens is 817 g/mol. The Morgan fingerprint density at radius 2 is 1.50 bits per heavy atom. The number of nitrogens with two attached hydrogens (primary N) is 3. The van der Waals surface area contributed by atoms with E-state index in [-0.39, 0.29) is 69.5 Å². The van der Waals surface area contributed by atoms with Crippen molar-refractivity contribution in [2.24, 2.45) is 23.1 Å². The maximum atomic E-state index is 14.6. The van der Waals surface area contributed by atoms with Gasteiger partial charge in [-0.05, 0) is 91.2 Å². The van der Waals surface area contributed by atoms with Gasteiger partial charge in [-0.15, -0.1) is 0 Å². The normalized spacial score (nSPS) is 18.6. The maximum Gasteiger partial charge on any atom is 0.248 e. The third-order valence-electron chi connectivity index (χ3n) is 11.6. The summed E-state index contributed by atoms with van der Waals surface area (Å²) in [4.78, 5) is 73.6. The number of carbonyl (C=O) groups excluding carboxylic acids is 5. The van der Waals surface area contributed by atoms with Crippen LogP contribution in [0.2, 0.25) is 0 Å². The molecule has 0 aliphatic carbocycles. The fourth-order valence-electron chi connectivity index (χ4n) is 7.99. The zero-order valence-corrected chi connectivity index (χ0v) is 37.6. The Bertz CT molecular complexity index is 2160. The number of anilines is 1. The van der Waals surface area contributed by atoms with Gasteiger partial charge < -0.3 is 57.7 Å². The second-order valence-electron chi connectivity index (χ2n) is 17.3. The van der Waals surface area contributed by atoms with E-state index in [4.69, 9.17) is 31.9 Å². The van der Waals surface area contributed by atoms with Crippen LogP contribution in [0.1, 0.15) is 69.7 Å². The van der Waals surface area contributed by atoms with Crippen molar-refractivity contribution < 1.29 is 33.4 Å². The van der Waals surface area contributed by atoms with Crippen LogP contribution in [0.4, 0.5) is 5.69 Å². The van der Waals surface area contributed by atoms with E-state index in [1.54, 1.807) is 36.4 Å². The lowest BCUT2D eigenvalue weighted by Gasteiger charge is -2.35. The number of hydrogen-bond acceptors (Lipinski definition) is 12. The summed E-state index contributed by atoms with van der Waals surface area (Å²) < 4.78 is 12.2. The minimum Gasteiger partial charge on any atom is -0.492 e. The van der Waals surface area contributed by atoms with Crippen LogP contribution in [-0.2, 0) is 35.8 Å². The monoisotopic (exact) mass is 880 g/mol. The average molecular weight is 881 g/mol. The summed E-state index contributed by atoms with van der Waals surface area (Å²) in [6, 6.07) is 15.9. The zero-order valence-electron chi connectivity index (χ0n) is 37.6. The number of carbonyl (C=O) groups is 5. The summed E-state index contributed by atoms with van der Waals surface area (Å²) in [7, 11) is 1.46. The van der Waals surface area contributed by atoms with Crippen LogP contribution in [0.25, 0.3) is 11.1 Å². The third kappa shape index (κ3) is 12.3. The number of nitrogens with one attached hydrogen (secondary N) is 4. The molecule has 64 heavy (non-hydrogen) atoms. The molecule has 4 bridgehead atoms. The number of piperidine rings is 1. The fraction of sp³-hybridized carbons (Fsp3) is 0.489. The molecule has 0 radical (unpaired) electrons. The molecule has 2 aliphatic heterocycles. The topological polar surface area (TPSA) is 260 Å². The number of rotatable bonds is 15. The minimum absolute atomic E-state index is 0.0190. The number of ether oxygens (including phenoxy) is 2. The Labute approximate surface area is 375 Å². The molecule has 17 nitrogen and oxygen atoms in total. The Balaban J connectivity index is 1.49. The van der Waals surface area contributed by atoms with E-state index in [9.17, 15) is 24.0 Å². The number of hydrogen-bond donors (Lipinski definition) is 7. The summed E-state index contributed by atoms with van der Waals surface area (Å²) in [5.74, 6) is -2.36. The molecule has 0 aromatic heterocycles. The van der Waals surface area contributed by atoms with Crippen molar-refractivity contribution in [3.63, 3.8) is 0 Å². The van der Waals surface area contributed by atoms with Crippen LogP contribution < -0.4 is 52.8 Å². The molecule has 0 saturated carbocycles.